The summed E-state index contributed by atoms with van der Waals surface area (Å²) < 4.78 is 38.6. The van der Waals surface area contributed by atoms with Crippen molar-refractivity contribution in [2.24, 2.45) is 5.73 Å². The first-order valence-electron chi connectivity index (χ1n) is 4.84. The number of sulfonamides is 1. The van der Waals surface area contributed by atoms with Gasteiger partial charge in [0, 0.05) is 12.2 Å². The first-order valence-corrected chi connectivity index (χ1v) is 6.39. The Morgan fingerprint density at radius 2 is 2.12 bits per heavy atom. The van der Waals surface area contributed by atoms with Crippen molar-refractivity contribution in [2.45, 2.75) is 19.1 Å². The lowest BCUT2D eigenvalue weighted by Crippen LogP contribution is -2.31. The van der Waals surface area contributed by atoms with E-state index in [4.69, 9.17) is 5.73 Å². The highest BCUT2D eigenvalue weighted by Crippen LogP contribution is 2.16. The molecule has 1 atom stereocenters. The third-order valence-corrected chi connectivity index (χ3v) is 4.05. The van der Waals surface area contributed by atoms with Crippen LogP contribution in [0.4, 0.5) is 10.1 Å². The van der Waals surface area contributed by atoms with Gasteiger partial charge in [0.2, 0.25) is 10.0 Å². The number of hydrogen-bond acceptors (Lipinski definition) is 3. The van der Waals surface area contributed by atoms with Crippen molar-refractivity contribution in [1.29, 1.82) is 0 Å². The molecule has 0 aromatic heterocycles. The molecule has 0 amide bonds. The van der Waals surface area contributed by atoms with E-state index in [2.05, 4.69) is 4.72 Å². The summed E-state index contributed by atoms with van der Waals surface area (Å²) in [6.07, 6.45) is 0. The van der Waals surface area contributed by atoms with E-state index in [1.165, 1.54) is 25.1 Å². The molecule has 6 heteroatoms. The number of halogens is 1. The van der Waals surface area contributed by atoms with Gasteiger partial charge in [0.15, 0.2) is 0 Å². The zero-order valence-corrected chi connectivity index (χ0v) is 10.0. The number of nitrogens with one attached hydrogen (secondary N) is 1. The van der Waals surface area contributed by atoms with Gasteiger partial charge in [0.25, 0.3) is 0 Å². The number of aryl methyl sites for hydroxylation is 1. The summed E-state index contributed by atoms with van der Waals surface area (Å²) in [7, 11) is -3.49. The van der Waals surface area contributed by atoms with E-state index in [9.17, 15) is 12.8 Å². The molecule has 0 aliphatic heterocycles. The Bertz CT molecular complexity index is 474. The second kappa shape index (κ2) is 4.80. The minimum Gasteiger partial charge on any atom is -0.329 e. The van der Waals surface area contributed by atoms with Crippen LogP contribution in [0.2, 0.25) is 0 Å². The van der Waals surface area contributed by atoms with Crippen LogP contribution in [0, 0.1) is 12.7 Å². The zero-order valence-electron chi connectivity index (χ0n) is 9.20. The molecule has 0 aliphatic carbocycles. The monoisotopic (exact) mass is 246 g/mol. The largest absolute Gasteiger partial charge is 0.329 e. The molecule has 0 radical (unpaired) electrons. The highest BCUT2D eigenvalue weighted by molar-refractivity contribution is 7.93. The Morgan fingerprint density at radius 1 is 1.50 bits per heavy atom. The fraction of sp³-hybridized carbons (Fsp3) is 0.400. The summed E-state index contributed by atoms with van der Waals surface area (Å²) in [6, 6.07) is 4.04. The first-order chi connectivity index (χ1) is 7.36. The summed E-state index contributed by atoms with van der Waals surface area (Å²) in [5, 5.41) is -0.683. The maximum atomic E-state index is 13.0. The van der Waals surface area contributed by atoms with Gasteiger partial charge >= 0.3 is 0 Å². The van der Waals surface area contributed by atoms with E-state index in [1.54, 1.807) is 6.92 Å². The molecule has 0 aliphatic rings. The molecular weight excluding hydrogens is 231 g/mol. The average molecular weight is 246 g/mol. The van der Waals surface area contributed by atoms with Crippen LogP contribution >= 0.6 is 0 Å². The minimum absolute atomic E-state index is 0.0372. The van der Waals surface area contributed by atoms with Crippen LogP contribution in [0.15, 0.2) is 18.2 Å². The molecule has 0 saturated carbocycles. The maximum absolute atomic E-state index is 13.0. The Balaban J connectivity index is 2.93. The second-order valence-electron chi connectivity index (χ2n) is 3.66. The van der Waals surface area contributed by atoms with Gasteiger partial charge in [-0.1, -0.05) is 0 Å². The summed E-state index contributed by atoms with van der Waals surface area (Å²) in [6.45, 7) is 3.12. The van der Waals surface area contributed by atoms with Crippen LogP contribution in [0.1, 0.15) is 12.5 Å². The van der Waals surface area contributed by atoms with E-state index >= 15 is 0 Å². The molecule has 1 rings (SSSR count). The highest BCUT2D eigenvalue weighted by Gasteiger charge is 2.19. The predicted molar refractivity (Wildman–Crippen MR) is 62.2 cm³/mol. The summed E-state index contributed by atoms with van der Waals surface area (Å²) in [4.78, 5) is 0. The summed E-state index contributed by atoms with van der Waals surface area (Å²) in [5.74, 6) is -0.366. The molecule has 0 bridgehead atoms. The molecule has 4 nitrogen and oxygen atoms in total. The van der Waals surface area contributed by atoms with Crippen molar-refractivity contribution in [3.8, 4) is 0 Å². The molecule has 1 unspecified atom stereocenters. The second-order valence-corrected chi connectivity index (χ2v) is 5.76. The summed E-state index contributed by atoms with van der Waals surface area (Å²) >= 11 is 0. The van der Waals surface area contributed by atoms with Crippen LogP contribution in [0.25, 0.3) is 0 Å². The fourth-order valence-electron chi connectivity index (χ4n) is 1.10. The molecule has 0 spiro atoms. The number of nitrogens with two attached hydrogens (primary N) is 1. The van der Waals surface area contributed by atoms with Gasteiger partial charge in [-0.15, -0.1) is 0 Å². The van der Waals surface area contributed by atoms with Crippen LogP contribution < -0.4 is 10.5 Å². The Hall–Kier alpha value is -1.14. The lowest BCUT2D eigenvalue weighted by atomic mass is 10.2. The van der Waals surface area contributed by atoms with E-state index < -0.39 is 15.3 Å². The van der Waals surface area contributed by atoms with Gasteiger partial charge in [0.1, 0.15) is 5.82 Å². The molecule has 1 aromatic carbocycles. The van der Waals surface area contributed by atoms with Crippen molar-refractivity contribution in [1.82, 2.24) is 0 Å². The molecule has 1 aromatic rings. The van der Waals surface area contributed by atoms with Gasteiger partial charge in [-0.3, -0.25) is 4.72 Å². The molecular formula is C10H15FN2O2S. The van der Waals surface area contributed by atoms with Gasteiger partial charge in [-0.05, 0) is 37.6 Å². The van der Waals surface area contributed by atoms with Crippen LogP contribution in [-0.2, 0) is 10.0 Å². The van der Waals surface area contributed by atoms with Crippen molar-refractivity contribution in [2.75, 3.05) is 11.3 Å². The Kier molecular flexibility index (Phi) is 3.88. The number of hydrogen-bond donors (Lipinski definition) is 2. The predicted octanol–water partition coefficient (Wildman–Crippen LogP) is 1.22. The average Bonchev–Trinajstić information content (AvgIpc) is 2.22. The lowest BCUT2D eigenvalue weighted by molar-refractivity contribution is 0.589. The molecule has 90 valence electrons. The molecule has 0 saturated heterocycles. The van der Waals surface area contributed by atoms with Crippen molar-refractivity contribution in [3.63, 3.8) is 0 Å². The third kappa shape index (κ3) is 2.93. The van der Waals surface area contributed by atoms with Crippen LogP contribution in [-0.4, -0.2) is 20.2 Å². The van der Waals surface area contributed by atoms with Gasteiger partial charge in [-0.25, -0.2) is 12.8 Å². The van der Waals surface area contributed by atoms with E-state index in [1.807, 2.05) is 0 Å². The van der Waals surface area contributed by atoms with E-state index in [-0.39, 0.29) is 12.4 Å². The SMILES string of the molecule is Cc1cc(NS(=O)(=O)C(C)CN)ccc1F. The van der Waals surface area contributed by atoms with Crippen LogP contribution in [0.3, 0.4) is 0 Å². The molecule has 0 heterocycles. The molecule has 3 N–H and O–H groups in total. The Labute approximate surface area is 94.7 Å². The van der Waals surface area contributed by atoms with Gasteiger partial charge in [0.05, 0.1) is 5.25 Å². The summed E-state index contributed by atoms with van der Waals surface area (Å²) in [5.41, 5.74) is 6.02. The number of anilines is 1. The van der Waals surface area contributed by atoms with E-state index in [0.29, 0.717) is 11.3 Å². The fourth-order valence-corrected chi connectivity index (χ4v) is 2.01. The molecule has 0 fully saturated rings. The lowest BCUT2D eigenvalue weighted by Gasteiger charge is -2.13. The van der Waals surface area contributed by atoms with E-state index in [0.717, 1.165) is 0 Å². The number of benzene rings is 1. The van der Waals surface area contributed by atoms with Crippen molar-refractivity contribution in [3.05, 3.63) is 29.6 Å². The van der Waals surface area contributed by atoms with Crippen molar-refractivity contribution >= 4 is 15.7 Å². The maximum Gasteiger partial charge on any atom is 0.236 e. The normalized spacial score (nSPS) is 13.5. The quantitative estimate of drug-likeness (QED) is 0.839. The minimum atomic E-state index is -3.49. The topological polar surface area (TPSA) is 72.2 Å². The van der Waals surface area contributed by atoms with Crippen LogP contribution in [0.5, 0.6) is 0 Å². The first kappa shape index (κ1) is 12.9. The zero-order chi connectivity index (χ0) is 12.3. The standard InChI is InChI=1S/C10H15FN2O2S/c1-7-5-9(3-4-10(7)11)13-16(14,15)8(2)6-12/h3-5,8,13H,6,12H2,1-2H3. The smallest absolute Gasteiger partial charge is 0.236 e. The number of rotatable bonds is 4. The third-order valence-electron chi connectivity index (χ3n) is 2.28. The van der Waals surface area contributed by atoms with Crippen molar-refractivity contribution < 1.29 is 12.8 Å². The highest BCUT2D eigenvalue weighted by atomic mass is 32.2. The van der Waals surface area contributed by atoms with Gasteiger partial charge < -0.3 is 5.73 Å². The molecule has 16 heavy (non-hydrogen) atoms. The Morgan fingerprint density at radius 3 is 2.62 bits per heavy atom. The van der Waals surface area contributed by atoms with Gasteiger partial charge in [-0.2, -0.15) is 0 Å².